The Morgan fingerprint density at radius 2 is 2.35 bits per heavy atom. The predicted octanol–water partition coefficient (Wildman–Crippen LogP) is 1.77. The average molecular weight is 277 g/mol. The van der Waals surface area contributed by atoms with Crippen LogP contribution >= 0.6 is 0 Å². The number of hydroxylamine groups is 2. The normalized spacial score (nSPS) is 16.1. The highest BCUT2D eigenvalue weighted by Gasteiger charge is 2.15. The number of aryl methyl sites for hydroxylation is 1. The maximum atomic E-state index is 12.1. The van der Waals surface area contributed by atoms with Crippen LogP contribution in [0.4, 0.5) is 0 Å². The summed E-state index contributed by atoms with van der Waals surface area (Å²) >= 11 is 0. The molecule has 1 amide bonds. The smallest absolute Gasteiger partial charge is 0.223 e. The van der Waals surface area contributed by atoms with Gasteiger partial charge in [-0.2, -0.15) is 5.06 Å². The number of amides is 1. The van der Waals surface area contributed by atoms with Gasteiger partial charge in [0.2, 0.25) is 5.91 Å². The van der Waals surface area contributed by atoms with E-state index >= 15 is 0 Å². The molecule has 1 aromatic rings. The van der Waals surface area contributed by atoms with Gasteiger partial charge in [0.25, 0.3) is 0 Å². The molecule has 0 unspecified atom stereocenters. The van der Waals surface area contributed by atoms with Gasteiger partial charge in [-0.3, -0.25) is 14.6 Å². The lowest BCUT2D eigenvalue weighted by Crippen LogP contribution is -2.35. The lowest BCUT2D eigenvalue weighted by Gasteiger charge is -2.26. The van der Waals surface area contributed by atoms with E-state index in [-0.39, 0.29) is 5.91 Å². The lowest BCUT2D eigenvalue weighted by atomic mass is 10.1. The van der Waals surface area contributed by atoms with Crippen LogP contribution in [0.15, 0.2) is 18.5 Å². The van der Waals surface area contributed by atoms with E-state index in [1.807, 2.05) is 31.3 Å². The van der Waals surface area contributed by atoms with Crippen LogP contribution < -0.4 is 0 Å². The number of hydrogen-bond donors (Lipinski definition) is 0. The van der Waals surface area contributed by atoms with Crippen molar-refractivity contribution in [3.05, 3.63) is 29.6 Å². The minimum absolute atomic E-state index is 0.149. The molecule has 2 heterocycles. The van der Waals surface area contributed by atoms with Gasteiger partial charge in [0.15, 0.2) is 0 Å². The van der Waals surface area contributed by atoms with Gasteiger partial charge in [-0.25, -0.2) is 0 Å². The summed E-state index contributed by atoms with van der Waals surface area (Å²) in [6.45, 7) is 5.04. The Balaban J connectivity index is 1.78. The number of nitrogens with zero attached hydrogens (tertiary/aromatic N) is 3. The lowest BCUT2D eigenvalue weighted by molar-refractivity contribution is -0.182. The van der Waals surface area contributed by atoms with Gasteiger partial charge in [-0.05, 0) is 37.0 Å². The van der Waals surface area contributed by atoms with E-state index in [2.05, 4.69) is 4.98 Å². The first kappa shape index (κ1) is 14.9. The molecule has 5 heteroatoms. The highest BCUT2D eigenvalue weighted by atomic mass is 16.7. The molecule has 110 valence electrons. The zero-order chi connectivity index (χ0) is 14.4. The summed E-state index contributed by atoms with van der Waals surface area (Å²) in [6, 6.07) is 1.97. The Bertz CT molecular complexity index is 444. The van der Waals surface area contributed by atoms with Gasteiger partial charge in [-0.1, -0.05) is 0 Å². The van der Waals surface area contributed by atoms with Crippen LogP contribution in [0.1, 0.15) is 30.4 Å². The molecule has 1 aliphatic heterocycles. The van der Waals surface area contributed by atoms with Gasteiger partial charge in [0.1, 0.15) is 0 Å². The Labute approximate surface area is 120 Å². The van der Waals surface area contributed by atoms with Crippen molar-refractivity contribution in [2.45, 2.75) is 32.7 Å². The molecule has 1 saturated heterocycles. The van der Waals surface area contributed by atoms with Crippen molar-refractivity contribution in [2.75, 3.05) is 26.7 Å². The Morgan fingerprint density at radius 1 is 1.50 bits per heavy atom. The van der Waals surface area contributed by atoms with Crippen LogP contribution in [0.2, 0.25) is 0 Å². The van der Waals surface area contributed by atoms with E-state index < -0.39 is 0 Å². The van der Waals surface area contributed by atoms with Crippen molar-refractivity contribution in [1.82, 2.24) is 14.9 Å². The monoisotopic (exact) mass is 277 g/mol. The number of pyridine rings is 1. The molecule has 0 aliphatic carbocycles. The summed E-state index contributed by atoms with van der Waals surface area (Å²) in [4.78, 5) is 23.5. The average Bonchev–Trinajstić information content (AvgIpc) is 2.48. The first-order chi connectivity index (χ1) is 9.66. The van der Waals surface area contributed by atoms with Gasteiger partial charge in [0.05, 0.1) is 6.61 Å². The molecule has 0 spiro atoms. The zero-order valence-corrected chi connectivity index (χ0v) is 12.3. The number of hydrogen-bond acceptors (Lipinski definition) is 4. The molecule has 0 N–H and O–H groups in total. The maximum absolute atomic E-state index is 12.1. The summed E-state index contributed by atoms with van der Waals surface area (Å²) < 4.78 is 0. The summed E-state index contributed by atoms with van der Waals surface area (Å²) in [6.07, 6.45) is 6.37. The molecule has 2 rings (SSSR count). The van der Waals surface area contributed by atoms with E-state index in [9.17, 15) is 4.79 Å². The number of aromatic nitrogens is 1. The van der Waals surface area contributed by atoms with Crippen molar-refractivity contribution >= 4 is 5.91 Å². The number of carbonyl (C=O) groups is 1. The molecule has 0 bridgehead atoms. The van der Waals surface area contributed by atoms with Crippen molar-refractivity contribution in [3.63, 3.8) is 0 Å². The van der Waals surface area contributed by atoms with Gasteiger partial charge in [-0.15, -0.1) is 0 Å². The van der Waals surface area contributed by atoms with Crippen LogP contribution in [0.5, 0.6) is 0 Å². The second kappa shape index (κ2) is 7.36. The fourth-order valence-electron chi connectivity index (χ4n) is 2.26. The molecule has 5 nitrogen and oxygen atoms in total. The Hall–Kier alpha value is -1.46. The SMILES string of the molecule is Cc1cnccc1CN(C)C(=O)CCN1CCCCO1. The summed E-state index contributed by atoms with van der Waals surface area (Å²) in [5.74, 6) is 0.149. The fraction of sp³-hybridized carbons (Fsp3) is 0.600. The summed E-state index contributed by atoms with van der Waals surface area (Å²) in [5, 5.41) is 1.91. The number of rotatable bonds is 5. The minimum Gasteiger partial charge on any atom is -0.341 e. The van der Waals surface area contributed by atoms with Crippen LogP contribution in [-0.4, -0.2) is 47.6 Å². The minimum atomic E-state index is 0.149. The summed E-state index contributed by atoms with van der Waals surface area (Å²) in [5.41, 5.74) is 2.26. The van der Waals surface area contributed by atoms with Crippen molar-refractivity contribution < 1.29 is 9.63 Å². The maximum Gasteiger partial charge on any atom is 0.223 e. The van der Waals surface area contributed by atoms with E-state index in [0.717, 1.165) is 37.1 Å². The van der Waals surface area contributed by atoms with Crippen molar-refractivity contribution in [3.8, 4) is 0 Å². The van der Waals surface area contributed by atoms with Gasteiger partial charge in [0, 0.05) is 45.5 Å². The largest absolute Gasteiger partial charge is 0.341 e. The van der Waals surface area contributed by atoms with Crippen LogP contribution in [0.3, 0.4) is 0 Å². The van der Waals surface area contributed by atoms with Crippen LogP contribution in [0.25, 0.3) is 0 Å². The van der Waals surface area contributed by atoms with E-state index in [1.165, 1.54) is 0 Å². The third-order valence-electron chi connectivity index (χ3n) is 3.62. The molecule has 1 fully saturated rings. The number of carbonyl (C=O) groups excluding carboxylic acids is 1. The van der Waals surface area contributed by atoms with Crippen molar-refractivity contribution in [1.29, 1.82) is 0 Å². The van der Waals surface area contributed by atoms with E-state index in [0.29, 0.717) is 19.5 Å². The Kier molecular flexibility index (Phi) is 5.49. The highest BCUT2D eigenvalue weighted by molar-refractivity contribution is 5.76. The van der Waals surface area contributed by atoms with Crippen molar-refractivity contribution in [2.24, 2.45) is 0 Å². The van der Waals surface area contributed by atoms with Crippen LogP contribution in [0, 0.1) is 6.92 Å². The third kappa shape index (κ3) is 4.28. The zero-order valence-electron chi connectivity index (χ0n) is 12.3. The molecule has 0 saturated carbocycles. The standard InChI is InChI=1S/C15H23N3O2/c1-13-11-16-7-5-14(13)12-17(2)15(19)6-9-18-8-3-4-10-20-18/h5,7,11H,3-4,6,8-10,12H2,1-2H3. The first-order valence-corrected chi connectivity index (χ1v) is 7.18. The quantitative estimate of drug-likeness (QED) is 0.823. The second-order valence-electron chi connectivity index (χ2n) is 5.27. The molecule has 0 aromatic carbocycles. The molecule has 0 radical (unpaired) electrons. The van der Waals surface area contributed by atoms with Gasteiger partial charge < -0.3 is 4.90 Å². The molecule has 0 atom stereocenters. The van der Waals surface area contributed by atoms with Crippen LogP contribution in [-0.2, 0) is 16.2 Å². The predicted molar refractivity (Wildman–Crippen MR) is 76.8 cm³/mol. The molecular formula is C15H23N3O2. The fourth-order valence-corrected chi connectivity index (χ4v) is 2.26. The third-order valence-corrected chi connectivity index (χ3v) is 3.62. The highest BCUT2D eigenvalue weighted by Crippen LogP contribution is 2.10. The molecule has 1 aliphatic rings. The first-order valence-electron chi connectivity index (χ1n) is 7.18. The molecule has 1 aromatic heterocycles. The second-order valence-corrected chi connectivity index (χ2v) is 5.27. The summed E-state index contributed by atoms with van der Waals surface area (Å²) in [7, 11) is 1.85. The Morgan fingerprint density at radius 3 is 3.05 bits per heavy atom. The molecule has 20 heavy (non-hydrogen) atoms. The molecular weight excluding hydrogens is 254 g/mol. The van der Waals surface area contributed by atoms with E-state index in [1.54, 1.807) is 11.1 Å². The topological polar surface area (TPSA) is 45.7 Å². The van der Waals surface area contributed by atoms with Gasteiger partial charge >= 0.3 is 0 Å². The van der Waals surface area contributed by atoms with E-state index in [4.69, 9.17) is 4.84 Å².